The normalized spacial score (nSPS) is 9.38. The van der Waals surface area contributed by atoms with Gasteiger partial charge in [-0.05, 0) is 34.5 Å². The molecule has 0 aliphatic rings. The van der Waals surface area contributed by atoms with Crippen LogP contribution in [-0.2, 0) is 6.42 Å². The van der Waals surface area contributed by atoms with E-state index in [9.17, 15) is 0 Å². The van der Waals surface area contributed by atoms with Crippen LogP contribution in [0.3, 0.4) is 0 Å². The molecule has 13 heavy (non-hydrogen) atoms. The van der Waals surface area contributed by atoms with E-state index in [4.69, 9.17) is 10.00 Å². The number of hydrogen-bond acceptors (Lipinski definition) is 3. The highest BCUT2D eigenvalue weighted by Gasteiger charge is 2.07. The van der Waals surface area contributed by atoms with Crippen molar-refractivity contribution in [2.45, 2.75) is 13.3 Å². The molecule has 0 spiro atoms. The number of aromatic nitrogens is 1. The predicted molar refractivity (Wildman–Crippen MR) is 52.5 cm³/mol. The van der Waals surface area contributed by atoms with E-state index in [0.29, 0.717) is 12.3 Å². The number of halogens is 1. The summed E-state index contributed by atoms with van der Waals surface area (Å²) >= 11 is 3.36. The standard InChI is InChI=1S/C9H9BrN2O/c1-6-5-7(3-4-11)12-9(13-2)8(6)10/h5H,3H2,1-2H3. The number of nitriles is 1. The lowest BCUT2D eigenvalue weighted by Gasteiger charge is -2.06. The molecule has 1 aromatic heterocycles. The van der Waals surface area contributed by atoms with Crippen molar-refractivity contribution < 1.29 is 4.74 Å². The maximum atomic E-state index is 8.50. The molecule has 0 fully saturated rings. The maximum Gasteiger partial charge on any atom is 0.228 e. The molecule has 0 saturated heterocycles. The summed E-state index contributed by atoms with van der Waals surface area (Å²) in [4.78, 5) is 4.15. The number of pyridine rings is 1. The van der Waals surface area contributed by atoms with Crippen LogP contribution in [0.1, 0.15) is 11.3 Å². The summed E-state index contributed by atoms with van der Waals surface area (Å²) in [5.74, 6) is 0.533. The third kappa shape index (κ3) is 2.19. The third-order valence-electron chi connectivity index (χ3n) is 1.62. The second-order valence-corrected chi connectivity index (χ2v) is 3.38. The van der Waals surface area contributed by atoms with Crippen LogP contribution in [0.5, 0.6) is 5.88 Å². The van der Waals surface area contributed by atoms with Crippen molar-refractivity contribution in [3.63, 3.8) is 0 Å². The Labute approximate surface area is 85.5 Å². The van der Waals surface area contributed by atoms with Crippen LogP contribution in [0.25, 0.3) is 0 Å². The van der Waals surface area contributed by atoms with Crippen LogP contribution >= 0.6 is 15.9 Å². The SMILES string of the molecule is COc1nc(CC#N)cc(C)c1Br. The van der Waals surface area contributed by atoms with E-state index >= 15 is 0 Å². The molecule has 0 aliphatic heterocycles. The van der Waals surface area contributed by atoms with Crippen LogP contribution in [0.2, 0.25) is 0 Å². The lowest BCUT2D eigenvalue weighted by atomic mass is 10.2. The Balaban J connectivity index is 3.16. The fraction of sp³-hybridized carbons (Fsp3) is 0.333. The lowest BCUT2D eigenvalue weighted by molar-refractivity contribution is 0.393. The van der Waals surface area contributed by atoms with Gasteiger partial charge < -0.3 is 4.74 Å². The van der Waals surface area contributed by atoms with Crippen LogP contribution < -0.4 is 4.74 Å². The summed E-state index contributed by atoms with van der Waals surface area (Å²) in [7, 11) is 1.56. The van der Waals surface area contributed by atoms with Crippen molar-refractivity contribution >= 4 is 15.9 Å². The van der Waals surface area contributed by atoms with Gasteiger partial charge >= 0.3 is 0 Å². The molecule has 0 aliphatic carbocycles. The summed E-state index contributed by atoms with van der Waals surface area (Å²) < 4.78 is 5.89. The summed E-state index contributed by atoms with van der Waals surface area (Å²) in [6.07, 6.45) is 0.310. The molecule has 0 radical (unpaired) electrons. The van der Waals surface area contributed by atoms with Gasteiger partial charge in [-0.3, -0.25) is 0 Å². The fourth-order valence-corrected chi connectivity index (χ4v) is 1.37. The Morgan fingerprint density at radius 2 is 2.38 bits per heavy atom. The van der Waals surface area contributed by atoms with E-state index in [2.05, 4.69) is 20.9 Å². The van der Waals surface area contributed by atoms with Gasteiger partial charge in [0.05, 0.1) is 29.8 Å². The average molecular weight is 241 g/mol. The van der Waals surface area contributed by atoms with Crippen molar-refractivity contribution in [2.75, 3.05) is 7.11 Å². The van der Waals surface area contributed by atoms with Crippen LogP contribution in [0.4, 0.5) is 0 Å². The first-order chi connectivity index (χ1) is 6.19. The largest absolute Gasteiger partial charge is 0.480 e. The maximum absolute atomic E-state index is 8.50. The number of nitrogens with zero attached hydrogens (tertiary/aromatic N) is 2. The molecular formula is C9H9BrN2O. The smallest absolute Gasteiger partial charge is 0.228 e. The van der Waals surface area contributed by atoms with Gasteiger partial charge in [-0.15, -0.1) is 0 Å². The van der Waals surface area contributed by atoms with E-state index in [1.807, 2.05) is 19.1 Å². The molecule has 1 aromatic rings. The molecule has 68 valence electrons. The summed E-state index contributed by atoms with van der Waals surface area (Å²) in [5.41, 5.74) is 1.76. The van der Waals surface area contributed by atoms with Gasteiger partial charge in [0.15, 0.2) is 0 Å². The van der Waals surface area contributed by atoms with E-state index < -0.39 is 0 Å². The Morgan fingerprint density at radius 3 is 2.92 bits per heavy atom. The zero-order valence-corrected chi connectivity index (χ0v) is 9.05. The average Bonchev–Trinajstić information content (AvgIpc) is 2.11. The lowest BCUT2D eigenvalue weighted by Crippen LogP contribution is -1.96. The number of aryl methyl sites for hydroxylation is 1. The zero-order chi connectivity index (χ0) is 9.84. The molecule has 0 unspecified atom stereocenters. The molecule has 0 saturated carbocycles. The second-order valence-electron chi connectivity index (χ2n) is 2.59. The summed E-state index contributed by atoms with van der Waals surface area (Å²) in [6.45, 7) is 1.94. The minimum atomic E-state index is 0.310. The minimum absolute atomic E-state index is 0.310. The molecular weight excluding hydrogens is 232 g/mol. The van der Waals surface area contributed by atoms with Gasteiger partial charge in [0, 0.05) is 0 Å². The molecule has 0 bridgehead atoms. The van der Waals surface area contributed by atoms with E-state index in [1.54, 1.807) is 7.11 Å². The Kier molecular flexibility index (Phi) is 3.26. The number of rotatable bonds is 2. The van der Waals surface area contributed by atoms with Gasteiger partial charge in [-0.25, -0.2) is 4.98 Å². The summed E-state index contributed by atoms with van der Waals surface area (Å²) in [5, 5.41) is 8.50. The van der Waals surface area contributed by atoms with Gasteiger partial charge in [-0.2, -0.15) is 5.26 Å². The van der Waals surface area contributed by atoms with E-state index in [-0.39, 0.29) is 0 Å². The van der Waals surface area contributed by atoms with Crippen molar-refractivity contribution in [3.8, 4) is 11.9 Å². The van der Waals surface area contributed by atoms with Crippen LogP contribution in [-0.4, -0.2) is 12.1 Å². The van der Waals surface area contributed by atoms with Gasteiger partial charge in [-0.1, -0.05) is 0 Å². The third-order valence-corrected chi connectivity index (χ3v) is 2.58. The topological polar surface area (TPSA) is 45.9 Å². The van der Waals surface area contributed by atoms with Gasteiger partial charge in [0.2, 0.25) is 5.88 Å². The van der Waals surface area contributed by atoms with E-state index in [1.165, 1.54) is 0 Å². The second kappa shape index (κ2) is 4.24. The van der Waals surface area contributed by atoms with Crippen molar-refractivity contribution in [3.05, 3.63) is 21.8 Å². The molecule has 3 nitrogen and oxygen atoms in total. The Morgan fingerprint density at radius 1 is 1.69 bits per heavy atom. The molecule has 0 atom stereocenters. The van der Waals surface area contributed by atoms with Crippen LogP contribution in [0.15, 0.2) is 10.5 Å². The number of methoxy groups -OCH3 is 1. The van der Waals surface area contributed by atoms with Crippen molar-refractivity contribution in [2.24, 2.45) is 0 Å². The highest BCUT2D eigenvalue weighted by Crippen LogP contribution is 2.26. The van der Waals surface area contributed by atoms with Crippen molar-refractivity contribution in [1.29, 1.82) is 5.26 Å². The molecule has 1 rings (SSSR count). The summed E-state index contributed by atoms with van der Waals surface area (Å²) in [6, 6.07) is 3.92. The molecule has 0 amide bonds. The van der Waals surface area contributed by atoms with Crippen LogP contribution in [0, 0.1) is 18.3 Å². The Bertz CT molecular complexity index is 357. The van der Waals surface area contributed by atoms with Gasteiger partial charge in [0.1, 0.15) is 0 Å². The highest BCUT2D eigenvalue weighted by atomic mass is 79.9. The number of hydrogen-bond donors (Lipinski definition) is 0. The quantitative estimate of drug-likeness (QED) is 0.797. The Hall–Kier alpha value is -1.08. The minimum Gasteiger partial charge on any atom is -0.480 e. The van der Waals surface area contributed by atoms with Gasteiger partial charge in [0.25, 0.3) is 0 Å². The predicted octanol–water partition coefficient (Wildman–Crippen LogP) is 2.23. The van der Waals surface area contributed by atoms with E-state index in [0.717, 1.165) is 15.7 Å². The molecule has 1 heterocycles. The zero-order valence-electron chi connectivity index (χ0n) is 7.47. The first-order valence-corrected chi connectivity index (χ1v) is 4.55. The fourth-order valence-electron chi connectivity index (χ4n) is 1.00. The number of ether oxygens (including phenoxy) is 1. The monoisotopic (exact) mass is 240 g/mol. The first kappa shape index (κ1) is 10.0. The first-order valence-electron chi connectivity index (χ1n) is 3.76. The molecule has 4 heteroatoms. The molecule has 0 aromatic carbocycles. The van der Waals surface area contributed by atoms with Crippen molar-refractivity contribution in [1.82, 2.24) is 4.98 Å². The highest BCUT2D eigenvalue weighted by molar-refractivity contribution is 9.10. The molecule has 0 N–H and O–H groups in total.